The van der Waals surface area contributed by atoms with E-state index in [0.717, 1.165) is 29.5 Å². The second-order valence-electron chi connectivity index (χ2n) is 5.65. The van der Waals surface area contributed by atoms with Crippen LogP contribution in [0.25, 0.3) is 0 Å². The van der Waals surface area contributed by atoms with Crippen LogP contribution in [0.5, 0.6) is 0 Å². The first kappa shape index (κ1) is 15.3. The van der Waals surface area contributed by atoms with Crippen molar-refractivity contribution in [3.8, 4) is 0 Å². The van der Waals surface area contributed by atoms with Crippen LogP contribution >= 0.6 is 0 Å². The fourth-order valence-electron chi connectivity index (χ4n) is 2.40. The molecule has 0 bridgehead atoms. The normalized spacial score (nSPS) is 12.0. The minimum absolute atomic E-state index is 0.0248. The Morgan fingerprint density at radius 1 is 1.05 bits per heavy atom. The first-order valence-corrected chi connectivity index (χ1v) is 7.49. The number of hydrogen-bond donors (Lipinski definition) is 1. The molecule has 0 saturated carbocycles. The fraction of sp³-hybridized carbons (Fsp3) is 0.316. The molecule has 0 saturated heterocycles. The summed E-state index contributed by atoms with van der Waals surface area (Å²) in [5.41, 5.74) is 4.30. The number of hydrogen-bond acceptors (Lipinski definition) is 1. The molecule has 0 heterocycles. The maximum absolute atomic E-state index is 12.3. The standard InChI is InChI=1S/C19H23NO/c1-14-8-7-11-18(16(14)3)19(21)20-15(2)12-13-17-9-5-4-6-10-17/h4-11,15H,12-13H2,1-3H3,(H,20,21)/t15-/m1/s1. The number of aryl methyl sites for hydroxylation is 2. The van der Waals surface area contributed by atoms with E-state index in [1.807, 2.05) is 38.1 Å². The number of amides is 1. The Morgan fingerprint density at radius 2 is 1.76 bits per heavy atom. The van der Waals surface area contributed by atoms with E-state index in [1.165, 1.54) is 5.56 Å². The average Bonchev–Trinajstić information content (AvgIpc) is 2.49. The van der Waals surface area contributed by atoms with E-state index in [-0.39, 0.29) is 11.9 Å². The summed E-state index contributed by atoms with van der Waals surface area (Å²) in [4.78, 5) is 12.3. The molecule has 0 aliphatic carbocycles. The third-order valence-electron chi connectivity index (χ3n) is 3.94. The summed E-state index contributed by atoms with van der Waals surface area (Å²) in [6, 6.07) is 16.4. The van der Waals surface area contributed by atoms with Crippen LogP contribution in [0.4, 0.5) is 0 Å². The molecule has 2 rings (SSSR count). The highest BCUT2D eigenvalue weighted by atomic mass is 16.1. The van der Waals surface area contributed by atoms with Crippen molar-refractivity contribution >= 4 is 5.91 Å². The minimum Gasteiger partial charge on any atom is -0.350 e. The van der Waals surface area contributed by atoms with Gasteiger partial charge in [-0.2, -0.15) is 0 Å². The molecular weight excluding hydrogens is 258 g/mol. The lowest BCUT2D eigenvalue weighted by atomic mass is 10.0. The van der Waals surface area contributed by atoms with Gasteiger partial charge in [0.2, 0.25) is 0 Å². The Labute approximate surface area is 127 Å². The van der Waals surface area contributed by atoms with Gasteiger partial charge in [-0.05, 0) is 56.4 Å². The van der Waals surface area contributed by atoms with E-state index < -0.39 is 0 Å². The highest BCUT2D eigenvalue weighted by Gasteiger charge is 2.12. The first-order chi connectivity index (χ1) is 10.1. The third-order valence-corrected chi connectivity index (χ3v) is 3.94. The predicted octanol–water partition coefficient (Wildman–Crippen LogP) is 4.05. The Morgan fingerprint density at radius 3 is 2.48 bits per heavy atom. The van der Waals surface area contributed by atoms with Crippen LogP contribution in [0.2, 0.25) is 0 Å². The number of carbonyl (C=O) groups excluding carboxylic acids is 1. The van der Waals surface area contributed by atoms with Crippen molar-refractivity contribution in [1.29, 1.82) is 0 Å². The predicted molar refractivity (Wildman–Crippen MR) is 87.6 cm³/mol. The minimum atomic E-state index is 0.0248. The smallest absolute Gasteiger partial charge is 0.251 e. The molecule has 0 aromatic heterocycles. The van der Waals surface area contributed by atoms with Crippen molar-refractivity contribution in [2.45, 2.75) is 39.7 Å². The molecule has 0 fully saturated rings. The molecular formula is C19H23NO. The Kier molecular flexibility index (Phi) is 5.15. The van der Waals surface area contributed by atoms with Gasteiger partial charge in [-0.25, -0.2) is 0 Å². The fourth-order valence-corrected chi connectivity index (χ4v) is 2.40. The Hall–Kier alpha value is -2.09. The van der Waals surface area contributed by atoms with Crippen LogP contribution in [-0.4, -0.2) is 11.9 Å². The molecule has 0 spiro atoms. The van der Waals surface area contributed by atoms with Gasteiger partial charge in [-0.3, -0.25) is 4.79 Å². The number of rotatable bonds is 5. The highest BCUT2D eigenvalue weighted by Crippen LogP contribution is 2.13. The lowest BCUT2D eigenvalue weighted by Gasteiger charge is -2.15. The van der Waals surface area contributed by atoms with Gasteiger partial charge in [0.1, 0.15) is 0 Å². The number of benzene rings is 2. The molecule has 2 aromatic rings. The summed E-state index contributed by atoms with van der Waals surface area (Å²) in [6.45, 7) is 6.09. The van der Waals surface area contributed by atoms with E-state index in [4.69, 9.17) is 0 Å². The molecule has 2 aromatic carbocycles. The van der Waals surface area contributed by atoms with Crippen molar-refractivity contribution in [3.05, 3.63) is 70.8 Å². The van der Waals surface area contributed by atoms with Gasteiger partial charge >= 0.3 is 0 Å². The molecule has 0 radical (unpaired) electrons. The van der Waals surface area contributed by atoms with Crippen molar-refractivity contribution in [2.24, 2.45) is 0 Å². The summed E-state index contributed by atoms with van der Waals surface area (Å²) >= 11 is 0. The van der Waals surface area contributed by atoms with Crippen molar-refractivity contribution < 1.29 is 4.79 Å². The zero-order chi connectivity index (χ0) is 15.2. The highest BCUT2D eigenvalue weighted by molar-refractivity contribution is 5.96. The van der Waals surface area contributed by atoms with Gasteiger partial charge in [-0.1, -0.05) is 42.5 Å². The van der Waals surface area contributed by atoms with E-state index >= 15 is 0 Å². The zero-order valence-corrected chi connectivity index (χ0v) is 13.0. The van der Waals surface area contributed by atoms with Gasteiger partial charge in [0.15, 0.2) is 0 Å². The molecule has 2 nitrogen and oxygen atoms in total. The van der Waals surface area contributed by atoms with Crippen LogP contribution in [-0.2, 0) is 6.42 Å². The third kappa shape index (κ3) is 4.19. The van der Waals surface area contributed by atoms with Gasteiger partial charge in [0, 0.05) is 11.6 Å². The maximum Gasteiger partial charge on any atom is 0.251 e. The molecule has 21 heavy (non-hydrogen) atoms. The summed E-state index contributed by atoms with van der Waals surface area (Å²) in [6.07, 6.45) is 1.93. The van der Waals surface area contributed by atoms with Crippen molar-refractivity contribution in [3.63, 3.8) is 0 Å². The van der Waals surface area contributed by atoms with Gasteiger partial charge in [0.05, 0.1) is 0 Å². The quantitative estimate of drug-likeness (QED) is 0.880. The van der Waals surface area contributed by atoms with Crippen molar-refractivity contribution in [1.82, 2.24) is 5.32 Å². The second-order valence-corrected chi connectivity index (χ2v) is 5.65. The van der Waals surface area contributed by atoms with Crippen LogP contribution in [0, 0.1) is 13.8 Å². The average molecular weight is 281 g/mol. The molecule has 1 atom stereocenters. The Bertz CT molecular complexity index is 604. The molecule has 110 valence electrons. The SMILES string of the molecule is Cc1cccc(C(=O)N[C@H](C)CCc2ccccc2)c1C. The maximum atomic E-state index is 12.3. The Balaban J connectivity index is 1.92. The van der Waals surface area contributed by atoms with Crippen LogP contribution in [0.1, 0.15) is 40.4 Å². The topological polar surface area (TPSA) is 29.1 Å². The lowest BCUT2D eigenvalue weighted by Crippen LogP contribution is -2.33. The molecule has 0 aliphatic rings. The summed E-state index contributed by atoms with van der Waals surface area (Å²) in [7, 11) is 0. The molecule has 0 aliphatic heterocycles. The van der Waals surface area contributed by atoms with E-state index in [2.05, 4.69) is 36.5 Å². The van der Waals surface area contributed by atoms with Crippen molar-refractivity contribution in [2.75, 3.05) is 0 Å². The molecule has 1 N–H and O–H groups in total. The number of carbonyl (C=O) groups is 1. The summed E-state index contributed by atoms with van der Waals surface area (Å²) < 4.78 is 0. The summed E-state index contributed by atoms with van der Waals surface area (Å²) in [5, 5.41) is 3.10. The summed E-state index contributed by atoms with van der Waals surface area (Å²) in [5.74, 6) is 0.0248. The van der Waals surface area contributed by atoms with Crippen LogP contribution < -0.4 is 5.32 Å². The van der Waals surface area contributed by atoms with Crippen LogP contribution in [0.3, 0.4) is 0 Å². The number of nitrogens with one attached hydrogen (secondary N) is 1. The van der Waals surface area contributed by atoms with Gasteiger partial charge in [-0.15, -0.1) is 0 Å². The van der Waals surface area contributed by atoms with E-state index in [0.29, 0.717) is 0 Å². The molecule has 0 unspecified atom stereocenters. The second kappa shape index (κ2) is 7.07. The monoisotopic (exact) mass is 281 g/mol. The zero-order valence-electron chi connectivity index (χ0n) is 13.0. The van der Waals surface area contributed by atoms with Crippen LogP contribution in [0.15, 0.2) is 48.5 Å². The van der Waals surface area contributed by atoms with Gasteiger partial charge in [0.25, 0.3) is 5.91 Å². The lowest BCUT2D eigenvalue weighted by molar-refractivity contribution is 0.0937. The van der Waals surface area contributed by atoms with E-state index in [1.54, 1.807) is 0 Å². The van der Waals surface area contributed by atoms with Gasteiger partial charge < -0.3 is 5.32 Å². The largest absolute Gasteiger partial charge is 0.350 e. The van der Waals surface area contributed by atoms with E-state index in [9.17, 15) is 4.79 Å². The first-order valence-electron chi connectivity index (χ1n) is 7.49. The molecule has 1 amide bonds. The molecule has 2 heteroatoms.